The Balaban J connectivity index is 2.46. The van der Waals surface area contributed by atoms with E-state index in [4.69, 9.17) is 5.11 Å². The Morgan fingerprint density at radius 3 is 2.50 bits per heavy atom. The molecule has 2 unspecified atom stereocenters. The summed E-state index contributed by atoms with van der Waals surface area (Å²) in [5.74, 6) is -1.92. The molecule has 2 aliphatic rings. The number of carbonyl (C=O) groups excluding carboxylic acids is 1. The summed E-state index contributed by atoms with van der Waals surface area (Å²) in [6, 6.07) is 0. The molecule has 24 heavy (non-hydrogen) atoms. The zero-order chi connectivity index (χ0) is 18.1. The maximum absolute atomic E-state index is 11.8. The van der Waals surface area contributed by atoms with Crippen molar-refractivity contribution in [2.45, 2.75) is 30.3 Å². The summed E-state index contributed by atoms with van der Waals surface area (Å²) in [6.07, 6.45) is 0.221. The molecule has 1 aliphatic heterocycles. The number of piperidine rings is 1. The van der Waals surface area contributed by atoms with Gasteiger partial charge in [-0.15, -0.1) is 0 Å². The van der Waals surface area contributed by atoms with E-state index in [9.17, 15) is 29.8 Å². The highest BCUT2D eigenvalue weighted by Crippen LogP contribution is 2.43. The lowest BCUT2D eigenvalue weighted by molar-refractivity contribution is -0.619. The number of carboxylic acids is 1. The van der Waals surface area contributed by atoms with Crippen molar-refractivity contribution >= 4 is 11.9 Å². The molecule has 1 saturated heterocycles. The number of carbonyl (C=O) groups is 2. The number of fused-ring (bicyclic) bond motifs is 2. The summed E-state index contributed by atoms with van der Waals surface area (Å²) in [7, 11) is 1.10. The first-order valence-electron chi connectivity index (χ1n) is 7.17. The number of ether oxygens (including phenoxy) is 1. The fraction of sp³-hybridized carbons (Fsp3) is 0.692. The van der Waals surface area contributed by atoms with E-state index in [-0.39, 0.29) is 44.5 Å². The molecule has 2 rings (SSSR count). The van der Waals surface area contributed by atoms with Gasteiger partial charge in [-0.2, -0.15) is 0 Å². The molecule has 1 heterocycles. The van der Waals surface area contributed by atoms with E-state index in [1.54, 1.807) is 0 Å². The highest BCUT2D eigenvalue weighted by atomic mass is 16.6. The highest BCUT2D eigenvalue weighted by Gasteiger charge is 2.64. The fourth-order valence-corrected chi connectivity index (χ4v) is 3.52. The van der Waals surface area contributed by atoms with E-state index in [1.807, 2.05) is 0 Å². The standard InChI is InChI=1S/C13H17N3O8/c1-24-11(19)9-4-12(15(20)21)6-13(5-9,16(22)23)8-14(7-12)3-2-10(17)18/h4H,2-3,5-8H2,1H3,(H,17,18). The number of nitro groups is 2. The molecule has 132 valence electrons. The maximum Gasteiger partial charge on any atom is 0.333 e. The van der Waals surface area contributed by atoms with Gasteiger partial charge in [0.05, 0.1) is 39.5 Å². The Hall–Kier alpha value is -2.56. The monoisotopic (exact) mass is 343 g/mol. The number of hydrogen-bond donors (Lipinski definition) is 1. The summed E-state index contributed by atoms with van der Waals surface area (Å²) in [6.45, 7) is -0.386. The molecule has 2 atom stereocenters. The normalized spacial score (nSPS) is 29.5. The van der Waals surface area contributed by atoms with Crippen LogP contribution in [0.2, 0.25) is 0 Å². The Kier molecular flexibility index (Phi) is 4.56. The summed E-state index contributed by atoms with van der Waals surface area (Å²) in [5, 5.41) is 32.1. The van der Waals surface area contributed by atoms with Gasteiger partial charge >= 0.3 is 11.9 Å². The molecule has 0 radical (unpaired) electrons. The molecule has 1 fully saturated rings. The average molecular weight is 343 g/mol. The predicted molar refractivity (Wildman–Crippen MR) is 77.5 cm³/mol. The topological polar surface area (TPSA) is 153 Å². The van der Waals surface area contributed by atoms with E-state index in [0.717, 1.165) is 13.2 Å². The van der Waals surface area contributed by atoms with Crippen LogP contribution in [0.25, 0.3) is 0 Å². The fourth-order valence-electron chi connectivity index (χ4n) is 3.52. The first-order chi connectivity index (χ1) is 11.1. The summed E-state index contributed by atoms with van der Waals surface area (Å²) >= 11 is 0. The number of esters is 1. The van der Waals surface area contributed by atoms with Gasteiger partial charge in [-0.3, -0.25) is 29.9 Å². The third-order valence-electron chi connectivity index (χ3n) is 4.45. The average Bonchev–Trinajstić information content (AvgIpc) is 2.50. The van der Waals surface area contributed by atoms with Crippen LogP contribution in [0.5, 0.6) is 0 Å². The predicted octanol–water partition coefficient (Wildman–Crippen LogP) is -0.299. The van der Waals surface area contributed by atoms with E-state index >= 15 is 0 Å². The van der Waals surface area contributed by atoms with Crippen molar-refractivity contribution in [3.8, 4) is 0 Å². The number of rotatable bonds is 6. The molecule has 0 aromatic rings. The van der Waals surface area contributed by atoms with Crippen LogP contribution in [0, 0.1) is 20.2 Å². The smallest absolute Gasteiger partial charge is 0.333 e. The van der Waals surface area contributed by atoms with E-state index in [2.05, 4.69) is 4.74 Å². The molecular weight excluding hydrogens is 326 g/mol. The van der Waals surface area contributed by atoms with Gasteiger partial charge in [-0.05, 0) is 0 Å². The van der Waals surface area contributed by atoms with Crippen molar-refractivity contribution in [1.82, 2.24) is 4.90 Å². The summed E-state index contributed by atoms with van der Waals surface area (Å²) in [5.41, 5.74) is -3.62. The molecule has 1 N–H and O–H groups in total. The Labute approximate surface area is 136 Å². The van der Waals surface area contributed by atoms with Crippen molar-refractivity contribution < 1.29 is 29.3 Å². The van der Waals surface area contributed by atoms with Crippen LogP contribution in [-0.4, -0.2) is 69.6 Å². The molecule has 0 spiro atoms. The third-order valence-corrected chi connectivity index (χ3v) is 4.45. The van der Waals surface area contributed by atoms with Crippen LogP contribution in [0.1, 0.15) is 19.3 Å². The Bertz CT molecular complexity index is 633. The maximum atomic E-state index is 11.8. The minimum Gasteiger partial charge on any atom is -0.481 e. The van der Waals surface area contributed by atoms with Gasteiger partial charge in [0.15, 0.2) is 0 Å². The van der Waals surface area contributed by atoms with Crippen LogP contribution in [0.15, 0.2) is 11.6 Å². The molecule has 0 aromatic heterocycles. The number of carboxylic acid groups (broad SMARTS) is 1. The second-order valence-corrected chi connectivity index (χ2v) is 6.21. The van der Waals surface area contributed by atoms with Crippen LogP contribution in [-0.2, 0) is 14.3 Å². The number of nitrogens with zero attached hydrogens (tertiary/aromatic N) is 3. The molecule has 1 aliphatic carbocycles. The zero-order valence-corrected chi connectivity index (χ0v) is 13.0. The van der Waals surface area contributed by atoms with E-state index in [0.29, 0.717) is 0 Å². The van der Waals surface area contributed by atoms with Gasteiger partial charge in [0, 0.05) is 28.0 Å². The van der Waals surface area contributed by atoms with Gasteiger partial charge < -0.3 is 9.84 Å². The third kappa shape index (κ3) is 3.07. The first kappa shape index (κ1) is 17.8. The van der Waals surface area contributed by atoms with Gasteiger partial charge in [-0.25, -0.2) is 4.79 Å². The second-order valence-electron chi connectivity index (χ2n) is 6.21. The minimum atomic E-state index is -1.81. The van der Waals surface area contributed by atoms with E-state index < -0.39 is 32.9 Å². The number of aliphatic carboxylic acids is 1. The SMILES string of the molecule is COC(=O)C1=CC2([N+](=O)[O-])CN(CCC(=O)O)CC([N+](=O)[O-])(C1)C2. The van der Waals surface area contributed by atoms with Crippen molar-refractivity contribution in [3.05, 3.63) is 31.9 Å². The lowest BCUT2D eigenvalue weighted by atomic mass is 9.69. The van der Waals surface area contributed by atoms with Crippen molar-refractivity contribution in [2.75, 3.05) is 26.7 Å². The van der Waals surface area contributed by atoms with Crippen LogP contribution < -0.4 is 0 Å². The molecule has 11 heteroatoms. The number of likely N-dealkylation sites (tertiary alicyclic amines) is 1. The van der Waals surface area contributed by atoms with Crippen LogP contribution in [0.3, 0.4) is 0 Å². The van der Waals surface area contributed by atoms with Gasteiger partial charge in [0.1, 0.15) is 0 Å². The molecule has 2 bridgehead atoms. The van der Waals surface area contributed by atoms with Gasteiger partial charge in [-0.1, -0.05) is 0 Å². The summed E-state index contributed by atoms with van der Waals surface area (Å²) in [4.78, 5) is 46.0. The van der Waals surface area contributed by atoms with Crippen molar-refractivity contribution in [3.63, 3.8) is 0 Å². The van der Waals surface area contributed by atoms with Crippen LogP contribution >= 0.6 is 0 Å². The number of hydrogen-bond acceptors (Lipinski definition) is 8. The van der Waals surface area contributed by atoms with Crippen LogP contribution in [0.4, 0.5) is 0 Å². The molecule has 0 saturated carbocycles. The second kappa shape index (κ2) is 6.15. The Morgan fingerprint density at radius 1 is 1.33 bits per heavy atom. The van der Waals surface area contributed by atoms with Crippen molar-refractivity contribution in [1.29, 1.82) is 0 Å². The molecule has 0 aromatic carbocycles. The van der Waals surface area contributed by atoms with Crippen molar-refractivity contribution in [2.24, 2.45) is 0 Å². The van der Waals surface area contributed by atoms with Gasteiger partial charge in [0.25, 0.3) is 5.54 Å². The first-order valence-corrected chi connectivity index (χ1v) is 7.17. The van der Waals surface area contributed by atoms with Gasteiger partial charge in [0.2, 0.25) is 5.54 Å². The molecular formula is C13H17N3O8. The lowest BCUT2D eigenvalue weighted by Crippen LogP contribution is -2.67. The highest BCUT2D eigenvalue weighted by molar-refractivity contribution is 5.89. The quantitative estimate of drug-likeness (QED) is 0.389. The number of methoxy groups -OCH3 is 1. The Morgan fingerprint density at radius 2 is 2.00 bits per heavy atom. The lowest BCUT2D eigenvalue weighted by Gasteiger charge is -2.44. The molecule has 11 nitrogen and oxygen atoms in total. The largest absolute Gasteiger partial charge is 0.481 e. The molecule has 0 amide bonds. The minimum absolute atomic E-state index is 0.0398. The van der Waals surface area contributed by atoms with E-state index in [1.165, 1.54) is 4.90 Å². The summed E-state index contributed by atoms with van der Waals surface area (Å²) < 4.78 is 4.57. The zero-order valence-electron chi connectivity index (χ0n) is 13.0.